The minimum Gasteiger partial charge on any atom is -0.399 e. The Balaban J connectivity index is 2.94. The van der Waals surface area contributed by atoms with Crippen LogP contribution in [0.15, 0.2) is 18.2 Å². The van der Waals surface area contributed by atoms with Crippen molar-refractivity contribution in [2.45, 2.75) is 26.8 Å². The fraction of sp³-hybridized carbons (Fsp3) is 0.364. The number of aryl methyl sites for hydroxylation is 1. The molecule has 0 heterocycles. The zero-order valence-corrected chi connectivity index (χ0v) is 8.79. The van der Waals surface area contributed by atoms with Crippen molar-refractivity contribution in [3.63, 3.8) is 0 Å². The topological polar surface area (TPSA) is 55.1 Å². The summed E-state index contributed by atoms with van der Waals surface area (Å²) in [6, 6.07) is 5.49. The molecule has 0 radical (unpaired) electrons. The van der Waals surface area contributed by atoms with Gasteiger partial charge in [0, 0.05) is 17.3 Å². The SMILES string of the molecule is Cc1ccc(N)cc1C(=O)NC(C)C. The third kappa shape index (κ3) is 2.49. The van der Waals surface area contributed by atoms with Gasteiger partial charge in [0.15, 0.2) is 0 Å². The molecule has 76 valence electrons. The molecule has 1 rings (SSSR count). The van der Waals surface area contributed by atoms with Crippen LogP contribution in [0.1, 0.15) is 29.8 Å². The maximum Gasteiger partial charge on any atom is 0.251 e. The number of nitrogens with two attached hydrogens (primary N) is 1. The van der Waals surface area contributed by atoms with Gasteiger partial charge in [-0.1, -0.05) is 6.07 Å². The van der Waals surface area contributed by atoms with Gasteiger partial charge in [0.1, 0.15) is 0 Å². The molecule has 14 heavy (non-hydrogen) atoms. The van der Waals surface area contributed by atoms with E-state index in [2.05, 4.69) is 5.32 Å². The molecule has 1 amide bonds. The van der Waals surface area contributed by atoms with E-state index in [1.807, 2.05) is 26.8 Å². The maximum atomic E-state index is 11.7. The average molecular weight is 192 g/mol. The second kappa shape index (κ2) is 4.13. The van der Waals surface area contributed by atoms with Gasteiger partial charge < -0.3 is 11.1 Å². The molecule has 3 N–H and O–H groups in total. The highest BCUT2D eigenvalue weighted by Gasteiger charge is 2.09. The monoisotopic (exact) mass is 192 g/mol. The number of carbonyl (C=O) groups is 1. The van der Waals surface area contributed by atoms with E-state index in [1.165, 1.54) is 0 Å². The number of nitrogens with one attached hydrogen (secondary N) is 1. The molecule has 0 atom stereocenters. The normalized spacial score (nSPS) is 10.3. The highest BCUT2D eigenvalue weighted by Crippen LogP contribution is 2.12. The Bertz CT molecular complexity index is 345. The molecule has 0 aliphatic rings. The van der Waals surface area contributed by atoms with Crippen LogP contribution in [0.3, 0.4) is 0 Å². The highest BCUT2D eigenvalue weighted by atomic mass is 16.1. The van der Waals surface area contributed by atoms with Gasteiger partial charge in [-0.3, -0.25) is 4.79 Å². The van der Waals surface area contributed by atoms with Crippen LogP contribution in [0, 0.1) is 6.92 Å². The van der Waals surface area contributed by atoms with Crippen molar-refractivity contribution in [1.82, 2.24) is 5.32 Å². The van der Waals surface area contributed by atoms with E-state index in [-0.39, 0.29) is 11.9 Å². The summed E-state index contributed by atoms with van der Waals surface area (Å²) in [5, 5.41) is 2.83. The number of anilines is 1. The van der Waals surface area contributed by atoms with Crippen molar-refractivity contribution in [3.05, 3.63) is 29.3 Å². The molecular weight excluding hydrogens is 176 g/mol. The molecule has 0 aromatic heterocycles. The first-order valence-corrected chi connectivity index (χ1v) is 4.67. The van der Waals surface area contributed by atoms with E-state index in [9.17, 15) is 4.79 Å². The molecule has 0 fully saturated rings. The second-order valence-corrected chi connectivity index (χ2v) is 3.70. The van der Waals surface area contributed by atoms with Crippen molar-refractivity contribution in [2.24, 2.45) is 0 Å². The molecule has 0 saturated heterocycles. The van der Waals surface area contributed by atoms with E-state index < -0.39 is 0 Å². The van der Waals surface area contributed by atoms with Crippen molar-refractivity contribution < 1.29 is 4.79 Å². The Hall–Kier alpha value is -1.51. The lowest BCUT2D eigenvalue weighted by Gasteiger charge is -2.10. The van der Waals surface area contributed by atoms with Crippen LogP contribution in [0.25, 0.3) is 0 Å². The quantitative estimate of drug-likeness (QED) is 0.701. The van der Waals surface area contributed by atoms with Gasteiger partial charge in [-0.05, 0) is 38.5 Å². The van der Waals surface area contributed by atoms with Crippen LogP contribution < -0.4 is 11.1 Å². The van der Waals surface area contributed by atoms with Crippen LogP contribution in [0.5, 0.6) is 0 Å². The molecular formula is C11H16N2O. The number of rotatable bonds is 2. The van der Waals surface area contributed by atoms with Gasteiger partial charge in [0.25, 0.3) is 5.91 Å². The summed E-state index contributed by atoms with van der Waals surface area (Å²) < 4.78 is 0. The summed E-state index contributed by atoms with van der Waals surface area (Å²) >= 11 is 0. The average Bonchev–Trinajstić information content (AvgIpc) is 2.08. The predicted molar refractivity (Wildman–Crippen MR) is 58.2 cm³/mol. The minimum atomic E-state index is -0.0650. The summed E-state index contributed by atoms with van der Waals surface area (Å²) in [5.41, 5.74) is 7.82. The second-order valence-electron chi connectivity index (χ2n) is 3.70. The van der Waals surface area contributed by atoms with Crippen LogP contribution in [0.2, 0.25) is 0 Å². The number of nitrogen functional groups attached to an aromatic ring is 1. The summed E-state index contributed by atoms with van der Waals surface area (Å²) in [7, 11) is 0. The molecule has 0 bridgehead atoms. The third-order valence-corrected chi connectivity index (χ3v) is 1.93. The predicted octanol–water partition coefficient (Wildman–Crippen LogP) is 1.72. The molecule has 3 nitrogen and oxygen atoms in total. The smallest absolute Gasteiger partial charge is 0.251 e. The Morgan fingerprint density at radius 1 is 1.43 bits per heavy atom. The summed E-state index contributed by atoms with van der Waals surface area (Å²) in [5.74, 6) is -0.0650. The summed E-state index contributed by atoms with van der Waals surface area (Å²) in [6.45, 7) is 5.76. The standard InChI is InChI=1S/C11H16N2O/c1-7(2)13-11(14)10-6-9(12)5-4-8(10)3/h4-7H,12H2,1-3H3,(H,13,14). The van der Waals surface area contributed by atoms with Gasteiger partial charge in [-0.2, -0.15) is 0 Å². The van der Waals surface area contributed by atoms with E-state index in [4.69, 9.17) is 5.73 Å². The Labute approximate surface area is 84.3 Å². The van der Waals surface area contributed by atoms with Gasteiger partial charge >= 0.3 is 0 Å². The first-order valence-electron chi connectivity index (χ1n) is 4.67. The van der Waals surface area contributed by atoms with Gasteiger partial charge in [0.05, 0.1) is 0 Å². The molecule has 0 unspecified atom stereocenters. The fourth-order valence-electron chi connectivity index (χ4n) is 1.22. The summed E-state index contributed by atoms with van der Waals surface area (Å²) in [6.07, 6.45) is 0. The van der Waals surface area contributed by atoms with Crippen molar-refractivity contribution in [2.75, 3.05) is 5.73 Å². The lowest BCUT2D eigenvalue weighted by molar-refractivity contribution is 0.0942. The van der Waals surface area contributed by atoms with Crippen molar-refractivity contribution in [1.29, 1.82) is 0 Å². The fourth-order valence-corrected chi connectivity index (χ4v) is 1.22. The number of carbonyl (C=O) groups excluding carboxylic acids is 1. The number of hydrogen-bond donors (Lipinski definition) is 2. The Kier molecular flexibility index (Phi) is 3.12. The van der Waals surface area contributed by atoms with E-state index in [0.29, 0.717) is 11.3 Å². The van der Waals surface area contributed by atoms with Crippen LogP contribution >= 0.6 is 0 Å². The van der Waals surface area contributed by atoms with E-state index in [1.54, 1.807) is 12.1 Å². The van der Waals surface area contributed by atoms with E-state index in [0.717, 1.165) is 5.56 Å². The summed E-state index contributed by atoms with van der Waals surface area (Å²) in [4.78, 5) is 11.7. The van der Waals surface area contributed by atoms with Gasteiger partial charge in [-0.25, -0.2) is 0 Å². The third-order valence-electron chi connectivity index (χ3n) is 1.93. The zero-order chi connectivity index (χ0) is 10.7. The molecule has 1 aromatic rings. The molecule has 0 saturated carbocycles. The van der Waals surface area contributed by atoms with E-state index >= 15 is 0 Å². The first-order chi connectivity index (χ1) is 6.50. The molecule has 0 spiro atoms. The van der Waals surface area contributed by atoms with Crippen LogP contribution in [-0.2, 0) is 0 Å². The van der Waals surface area contributed by atoms with Crippen LogP contribution in [-0.4, -0.2) is 11.9 Å². The largest absolute Gasteiger partial charge is 0.399 e. The first kappa shape index (κ1) is 10.6. The maximum absolute atomic E-state index is 11.7. The Morgan fingerprint density at radius 3 is 2.64 bits per heavy atom. The highest BCUT2D eigenvalue weighted by molar-refractivity contribution is 5.96. The number of benzene rings is 1. The molecule has 0 aliphatic heterocycles. The zero-order valence-electron chi connectivity index (χ0n) is 8.79. The van der Waals surface area contributed by atoms with Crippen molar-refractivity contribution >= 4 is 11.6 Å². The Morgan fingerprint density at radius 2 is 2.07 bits per heavy atom. The number of hydrogen-bond acceptors (Lipinski definition) is 2. The number of amides is 1. The van der Waals surface area contributed by atoms with Crippen LogP contribution in [0.4, 0.5) is 5.69 Å². The molecule has 1 aromatic carbocycles. The van der Waals surface area contributed by atoms with Gasteiger partial charge in [-0.15, -0.1) is 0 Å². The van der Waals surface area contributed by atoms with Gasteiger partial charge in [0.2, 0.25) is 0 Å². The molecule has 3 heteroatoms. The minimum absolute atomic E-state index is 0.0650. The van der Waals surface area contributed by atoms with Crippen molar-refractivity contribution in [3.8, 4) is 0 Å². The lowest BCUT2D eigenvalue weighted by atomic mass is 10.1. The molecule has 0 aliphatic carbocycles. The lowest BCUT2D eigenvalue weighted by Crippen LogP contribution is -2.30.